The van der Waals surface area contributed by atoms with Gasteiger partial charge in [0.05, 0.1) is 0 Å². The molecule has 6 nitrogen and oxygen atoms in total. The molecule has 1 aromatic heterocycles. The minimum absolute atomic E-state index is 0.128. The largest absolute Gasteiger partial charge is 0.484 e. The summed E-state index contributed by atoms with van der Waals surface area (Å²) in [6, 6.07) is 5.05. The quantitative estimate of drug-likeness (QED) is 0.797. The number of carbonyl (C=O) groups excluding carboxylic acids is 2. The SMILES string of the molecule is CCCNC(=O)[C@H](C)NC(=O)COc1ccc2oc3c(c2c1)CCCC3. The number of amides is 2. The number of aryl methyl sites for hydroxylation is 2. The third kappa shape index (κ3) is 4.18. The Hall–Kier alpha value is -2.50. The number of hydrogen-bond donors (Lipinski definition) is 2. The fraction of sp³-hybridized carbons (Fsp3) is 0.500. The van der Waals surface area contributed by atoms with Crippen LogP contribution in [0.5, 0.6) is 5.75 Å². The first-order valence-corrected chi connectivity index (χ1v) is 9.32. The molecule has 6 heteroatoms. The molecular weight excluding hydrogens is 332 g/mol. The number of hydrogen-bond acceptors (Lipinski definition) is 4. The standard InChI is InChI=1S/C20H26N2O4/c1-3-10-21-20(24)13(2)22-19(23)12-25-14-8-9-18-16(11-14)15-6-4-5-7-17(15)26-18/h8-9,11,13H,3-7,10,12H2,1-2H3,(H,21,24)(H,22,23)/t13-/m0/s1. The van der Waals surface area contributed by atoms with Crippen molar-refractivity contribution in [2.45, 2.75) is 52.0 Å². The van der Waals surface area contributed by atoms with Crippen molar-refractivity contribution >= 4 is 22.8 Å². The molecule has 26 heavy (non-hydrogen) atoms. The molecule has 1 heterocycles. The van der Waals surface area contributed by atoms with E-state index in [4.69, 9.17) is 9.15 Å². The zero-order chi connectivity index (χ0) is 18.5. The molecular formula is C20H26N2O4. The Bertz CT molecular complexity index is 796. The van der Waals surface area contributed by atoms with Gasteiger partial charge in [-0.05, 0) is 50.8 Å². The molecule has 0 bridgehead atoms. The summed E-state index contributed by atoms with van der Waals surface area (Å²) >= 11 is 0. The van der Waals surface area contributed by atoms with E-state index in [0.717, 1.165) is 36.0 Å². The van der Waals surface area contributed by atoms with Crippen molar-refractivity contribution < 1.29 is 18.7 Å². The minimum Gasteiger partial charge on any atom is -0.484 e. The molecule has 3 rings (SSSR count). The maximum absolute atomic E-state index is 12.0. The average Bonchev–Trinajstić information content (AvgIpc) is 3.02. The highest BCUT2D eigenvalue weighted by molar-refractivity contribution is 5.88. The fourth-order valence-corrected chi connectivity index (χ4v) is 3.23. The van der Waals surface area contributed by atoms with Crippen molar-refractivity contribution in [2.75, 3.05) is 13.2 Å². The summed E-state index contributed by atoms with van der Waals surface area (Å²) in [5, 5.41) is 6.47. The van der Waals surface area contributed by atoms with E-state index >= 15 is 0 Å². The van der Waals surface area contributed by atoms with Gasteiger partial charge >= 0.3 is 0 Å². The summed E-state index contributed by atoms with van der Waals surface area (Å²) in [4.78, 5) is 23.8. The van der Waals surface area contributed by atoms with Crippen LogP contribution in [-0.4, -0.2) is 31.0 Å². The predicted octanol–water partition coefficient (Wildman–Crippen LogP) is 2.72. The first-order valence-electron chi connectivity index (χ1n) is 9.32. The molecule has 1 aromatic carbocycles. The second kappa shape index (κ2) is 8.25. The van der Waals surface area contributed by atoms with Gasteiger partial charge in [0.25, 0.3) is 5.91 Å². The molecule has 1 aliphatic carbocycles. The number of furan rings is 1. The Morgan fingerprint density at radius 3 is 2.88 bits per heavy atom. The third-order valence-corrected chi connectivity index (χ3v) is 4.62. The summed E-state index contributed by atoms with van der Waals surface area (Å²) in [5.41, 5.74) is 2.14. The van der Waals surface area contributed by atoms with Crippen molar-refractivity contribution in [1.29, 1.82) is 0 Å². The topological polar surface area (TPSA) is 80.6 Å². The minimum atomic E-state index is -0.582. The third-order valence-electron chi connectivity index (χ3n) is 4.62. The van der Waals surface area contributed by atoms with Gasteiger partial charge in [-0.1, -0.05) is 6.92 Å². The molecule has 140 valence electrons. The molecule has 0 fully saturated rings. The van der Waals surface area contributed by atoms with Gasteiger partial charge in [-0.2, -0.15) is 0 Å². The highest BCUT2D eigenvalue weighted by Crippen LogP contribution is 2.33. The Balaban J connectivity index is 1.57. The summed E-state index contributed by atoms with van der Waals surface area (Å²) in [7, 11) is 0. The van der Waals surface area contributed by atoms with E-state index in [-0.39, 0.29) is 18.4 Å². The van der Waals surface area contributed by atoms with Gasteiger partial charge in [0.1, 0.15) is 23.1 Å². The van der Waals surface area contributed by atoms with E-state index < -0.39 is 6.04 Å². The van der Waals surface area contributed by atoms with Gasteiger partial charge in [-0.3, -0.25) is 9.59 Å². The average molecular weight is 358 g/mol. The zero-order valence-corrected chi connectivity index (χ0v) is 15.4. The molecule has 0 spiro atoms. The summed E-state index contributed by atoms with van der Waals surface area (Å²) < 4.78 is 11.5. The molecule has 0 radical (unpaired) electrons. The Morgan fingerprint density at radius 2 is 2.08 bits per heavy atom. The van der Waals surface area contributed by atoms with Crippen LogP contribution in [0.15, 0.2) is 22.6 Å². The van der Waals surface area contributed by atoms with Crippen LogP contribution in [0.4, 0.5) is 0 Å². The Labute approximate surface area is 153 Å². The lowest BCUT2D eigenvalue weighted by molar-refractivity contribution is -0.129. The monoisotopic (exact) mass is 358 g/mol. The van der Waals surface area contributed by atoms with Crippen molar-refractivity contribution in [2.24, 2.45) is 0 Å². The van der Waals surface area contributed by atoms with Crippen molar-refractivity contribution in [1.82, 2.24) is 10.6 Å². The molecule has 0 saturated heterocycles. The molecule has 1 aliphatic rings. The van der Waals surface area contributed by atoms with Gasteiger partial charge in [0.2, 0.25) is 5.91 Å². The number of benzene rings is 1. The van der Waals surface area contributed by atoms with Gasteiger partial charge < -0.3 is 19.8 Å². The number of fused-ring (bicyclic) bond motifs is 3. The van der Waals surface area contributed by atoms with Crippen molar-refractivity contribution in [3.63, 3.8) is 0 Å². The number of ether oxygens (including phenoxy) is 1. The van der Waals surface area contributed by atoms with Gasteiger partial charge in [0, 0.05) is 23.9 Å². The van der Waals surface area contributed by atoms with Crippen LogP contribution >= 0.6 is 0 Å². The number of carbonyl (C=O) groups is 2. The molecule has 0 unspecified atom stereocenters. The first-order chi connectivity index (χ1) is 12.6. The lowest BCUT2D eigenvalue weighted by atomic mass is 9.96. The lowest BCUT2D eigenvalue weighted by Crippen LogP contribution is -2.46. The van der Waals surface area contributed by atoms with Crippen LogP contribution < -0.4 is 15.4 Å². The summed E-state index contributed by atoms with van der Waals surface area (Å²) in [6.45, 7) is 4.11. The molecule has 2 aromatic rings. The van der Waals surface area contributed by atoms with Gasteiger partial charge in [-0.25, -0.2) is 0 Å². The molecule has 2 N–H and O–H groups in total. The number of nitrogens with one attached hydrogen (secondary N) is 2. The van der Waals surface area contributed by atoms with Gasteiger partial charge in [0.15, 0.2) is 6.61 Å². The fourth-order valence-electron chi connectivity index (χ4n) is 3.23. The second-order valence-corrected chi connectivity index (χ2v) is 6.74. The maximum atomic E-state index is 12.0. The van der Waals surface area contributed by atoms with Crippen molar-refractivity contribution in [3.05, 3.63) is 29.5 Å². The first kappa shape index (κ1) is 18.3. The van der Waals surface area contributed by atoms with Crippen LogP contribution in [0, 0.1) is 0 Å². The molecule has 2 amide bonds. The summed E-state index contributed by atoms with van der Waals surface area (Å²) in [6.07, 6.45) is 5.21. The van der Waals surface area contributed by atoms with E-state index in [9.17, 15) is 9.59 Å². The molecule has 1 atom stereocenters. The molecule has 0 aliphatic heterocycles. The maximum Gasteiger partial charge on any atom is 0.258 e. The van der Waals surface area contributed by atoms with Crippen molar-refractivity contribution in [3.8, 4) is 5.75 Å². The summed E-state index contributed by atoms with van der Waals surface area (Å²) in [5.74, 6) is 1.20. The second-order valence-electron chi connectivity index (χ2n) is 6.74. The van der Waals surface area contributed by atoms with Crippen LogP contribution in [0.3, 0.4) is 0 Å². The van der Waals surface area contributed by atoms with E-state index in [2.05, 4.69) is 10.6 Å². The van der Waals surface area contributed by atoms with E-state index in [1.165, 1.54) is 18.4 Å². The van der Waals surface area contributed by atoms with Crippen LogP contribution in [0.25, 0.3) is 11.0 Å². The lowest BCUT2D eigenvalue weighted by Gasteiger charge is -2.14. The number of rotatable bonds is 7. The predicted molar refractivity (Wildman–Crippen MR) is 99.3 cm³/mol. The van der Waals surface area contributed by atoms with E-state index in [0.29, 0.717) is 12.3 Å². The highest BCUT2D eigenvalue weighted by atomic mass is 16.5. The van der Waals surface area contributed by atoms with E-state index in [1.807, 2.05) is 25.1 Å². The van der Waals surface area contributed by atoms with Crippen LogP contribution in [-0.2, 0) is 22.4 Å². The highest BCUT2D eigenvalue weighted by Gasteiger charge is 2.19. The van der Waals surface area contributed by atoms with Crippen LogP contribution in [0.1, 0.15) is 44.4 Å². The Morgan fingerprint density at radius 1 is 1.27 bits per heavy atom. The Kier molecular flexibility index (Phi) is 5.81. The normalized spacial score (nSPS) is 14.5. The van der Waals surface area contributed by atoms with Crippen LogP contribution in [0.2, 0.25) is 0 Å². The smallest absolute Gasteiger partial charge is 0.258 e. The van der Waals surface area contributed by atoms with Gasteiger partial charge in [-0.15, -0.1) is 0 Å². The van der Waals surface area contributed by atoms with E-state index in [1.54, 1.807) is 6.92 Å². The molecule has 0 saturated carbocycles. The zero-order valence-electron chi connectivity index (χ0n) is 15.4.